The molecule has 0 bridgehead atoms. The quantitative estimate of drug-likeness (QED) is 0.464. The molecule has 1 saturated carbocycles. The maximum Gasteiger partial charge on any atom is 0.0923 e. The molecule has 5 nitrogen and oxygen atoms in total. The Hall–Kier alpha value is -2.63. The van der Waals surface area contributed by atoms with Gasteiger partial charge in [-0.3, -0.25) is 9.58 Å². The molecule has 0 spiro atoms. The van der Waals surface area contributed by atoms with Gasteiger partial charge in [0.1, 0.15) is 0 Å². The lowest BCUT2D eigenvalue weighted by molar-refractivity contribution is 0.0811. The van der Waals surface area contributed by atoms with Crippen molar-refractivity contribution in [2.45, 2.75) is 50.6 Å². The van der Waals surface area contributed by atoms with E-state index in [2.05, 4.69) is 93.7 Å². The number of likely N-dealkylation sites (N-methyl/N-ethyl adjacent to an activating group) is 1. The standard InChI is InChI=1S/C29H39N5/c1-32-20-22-33(23-21-32)27-13-15-28(16-14-27)34-19-17-29(31-34)25-9-11-26(12-10-25)30-18-5-8-24-6-3-2-4-7-24/h2-4,6-7,9-12,17,19,27-28,30H,5,8,13-16,18,20-23H2,1H3/t27-,28+. The maximum atomic E-state index is 4.97. The van der Waals surface area contributed by atoms with Crippen molar-refractivity contribution in [3.63, 3.8) is 0 Å². The first-order chi connectivity index (χ1) is 16.7. The van der Waals surface area contributed by atoms with E-state index in [1.807, 2.05) is 0 Å². The van der Waals surface area contributed by atoms with Gasteiger partial charge in [-0.1, -0.05) is 42.5 Å². The number of aryl methyl sites for hydroxylation is 1. The Morgan fingerprint density at radius 3 is 2.26 bits per heavy atom. The minimum absolute atomic E-state index is 0.544. The Bertz CT molecular complexity index is 997. The molecular weight excluding hydrogens is 418 g/mol. The summed E-state index contributed by atoms with van der Waals surface area (Å²) < 4.78 is 2.23. The van der Waals surface area contributed by atoms with Gasteiger partial charge in [0.05, 0.1) is 11.7 Å². The third-order valence-electron chi connectivity index (χ3n) is 7.70. The van der Waals surface area contributed by atoms with Crippen molar-refractivity contribution in [3.8, 4) is 11.3 Å². The summed E-state index contributed by atoms with van der Waals surface area (Å²) in [5.74, 6) is 0. The summed E-state index contributed by atoms with van der Waals surface area (Å²) in [7, 11) is 2.24. The molecule has 34 heavy (non-hydrogen) atoms. The molecule has 3 aromatic rings. The number of benzene rings is 2. The van der Waals surface area contributed by atoms with E-state index in [0.29, 0.717) is 6.04 Å². The number of hydrogen-bond donors (Lipinski definition) is 1. The molecule has 2 fully saturated rings. The molecule has 1 aliphatic carbocycles. The first kappa shape index (κ1) is 23.1. The fraction of sp³-hybridized carbons (Fsp3) is 0.483. The van der Waals surface area contributed by atoms with Crippen LogP contribution >= 0.6 is 0 Å². The topological polar surface area (TPSA) is 36.3 Å². The zero-order valence-corrected chi connectivity index (χ0v) is 20.6. The highest BCUT2D eigenvalue weighted by molar-refractivity contribution is 5.62. The van der Waals surface area contributed by atoms with E-state index in [1.54, 1.807) is 0 Å². The fourth-order valence-electron chi connectivity index (χ4n) is 5.50. The second kappa shape index (κ2) is 11.2. The molecule has 0 amide bonds. The van der Waals surface area contributed by atoms with Gasteiger partial charge < -0.3 is 10.2 Å². The highest BCUT2D eigenvalue weighted by Gasteiger charge is 2.28. The van der Waals surface area contributed by atoms with Crippen LogP contribution in [0.3, 0.4) is 0 Å². The molecule has 0 radical (unpaired) electrons. The first-order valence-corrected chi connectivity index (χ1v) is 13.1. The zero-order chi connectivity index (χ0) is 23.2. The van der Waals surface area contributed by atoms with Crippen LogP contribution < -0.4 is 5.32 Å². The number of piperazine rings is 1. The van der Waals surface area contributed by atoms with Gasteiger partial charge in [0.25, 0.3) is 0 Å². The predicted molar refractivity (Wildman–Crippen MR) is 141 cm³/mol. The van der Waals surface area contributed by atoms with Crippen LogP contribution in [-0.2, 0) is 6.42 Å². The van der Waals surface area contributed by atoms with E-state index in [4.69, 9.17) is 5.10 Å². The fourth-order valence-corrected chi connectivity index (χ4v) is 5.50. The number of rotatable bonds is 8. The van der Waals surface area contributed by atoms with Crippen molar-refractivity contribution in [1.29, 1.82) is 0 Å². The van der Waals surface area contributed by atoms with Gasteiger partial charge in [-0.2, -0.15) is 5.10 Å². The largest absolute Gasteiger partial charge is 0.385 e. The van der Waals surface area contributed by atoms with Crippen LogP contribution in [0.5, 0.6) is 0 Å². The Morgan fingerprint density at radius 2 is 1.53 bits per heavy atom. The van der Waals surface area contributed by atoms with Gasteiger partial charge in [-0.15, -0.1) is 0 Å². The van der Waals surface area contributed by atoms with Crippen molar-refractivity contribution in [2.75, 3.05) is 45.1 Å². The second-order valence-corrected chi connectivity index (χ2v) is 10.1. The van der Waals surface area contributed by atoms with E-state index < -0.39 is 0 Å². The molecule has 180 valence electrons. The third kappa shape index (κ3) is 5.89. The average molecular weight is 458 g/mol. The summed E-state index contributed by atoms with van der Waals surface area (Å²) in [5, 5.41) is 8.52. The van der Waals surface area contributed by atoms with Gasteiger partial charge in [-0.25, -0.2) is 0 Å². The van der Waals surface area contributed by atoms with Crippen LogP contribution in [0.4, 0.5) is 5.69 Å². The van der Waals surface area contributed by atoms with Crippen molar-refractivity contribution in [2.24, 2.45) is 0 Å². The Kier molecular flexibility index (Phi) is 7.62. The van der Waals surface area contributed by atoms with Gasteiger partial charge >= 0.3 is 0 Å². The summed E-state index contributed by atoms with van der Waals surface area (Å²) in [5.41, 5.74) is 4.86. The lowest BCUT2D eigenvalue weighted by Gasteiger charge is -2.41. The minimum Gasteiger partial charge on any atom is -0.385 e. The highest BCUT2D eigenvalue weighted by Crippen LogP contribution is 2.32. The Labute approximate surface area is 204 Å². The Balaban J connectivity index is 1.09. The summed E-state index contributed by atoms with van der Waals surface area (Å²) in [6.07, 6.45) is 9.51. The number of nitrogens with one attached hydrogen (secondary N) is 1. The SMILES string of the molecule is CN1CCN([C@H]2CC[C@@H](n3ccc(-c4ccc(NCCCc5ccccc5)cc4)n3)CC2)CC1. The van der Waals surface area contributed by atoms with Crippen LogP contribution in [0.25, 0.3) is 11.3 Å². The van der Waals surface area contributed by atoms with E-state index in [0.717, 1.165) is 31.1 Å². The monoisotopic (exact) mass is 457 g/mol. The van der Waals surface area contributed by atoms with Crippen LogP contribution in [0.15, 0.2) is 66.9 Å². The van der Waals surface area contributed by atoms with Crippen LogP contribution in [0.2, 0.25) is 0 Å². The number of hydrogen-bond acceptors (Lipinski definition) is 4. The second-order valence-electron chi connectivity index (χ2n) is 10.1. The molecule has 1 N–H and O–H groups in total. The first-order valence-electron chi connectivity index (χ1n) is 13.1. The minimum atomic E-state index is 0.544. The van der Waals surface area contributed by atoms with Gasteiger partial charge in [0.2, 0.25) is 0 Å². The highest BCUT2D eigenvalue weighted by atomic mass is 15.3. The maximum absolute atomic E-state index is 4.97. The lowest BCUT2D eigenvalue weighted by Crippen LogP contribution is -2.49. The molecule has 1 aromatic heterocycles. The molecule has 5 rings (SSSR count). The molecule has 5 heteroatoms. The average Bonchev–Trinajstić information content (AvgIpc) is 3.39. The lowest BCUT2D eigenvalue weighted by atomic mass is 9.90. The van der Waals surface area contributed by atoms with Crippen LogP contribution in [0.1, 0.15) is 43.7 Å². The van der Waals surface area contributed by atoms with E-state index in [9.17, 15) is 0 Å². The summed E-state index contributed by atoms with van der Waals surface area (Å²) >= 11 is 0. The Morgan fingerprint density at radius 1 is 0.824 bits per heavy atom. The number of aromatic nitrogens is 2. The number of nitrogens with zero attached hydrogens (tertiary/aromatic N) is 4. The predicted octanol–water partition coefficient (Wildman–Crippen LogP) is 5.33. The molecular formula is C29H39N5. The van der Waals surface area contributed by atoms with Gasteiger partial charge in [-0.05, 0) is 69.3 Å². The van der Waals surface area contributed by atoms with E-state index in [-0.39, 0.29) is 0 Å². The van der Waals surface area contributed by atoms with Gasteiger partial charge in [0.15, 0.2) is 0 Å². The summed E-state index contributed by atoms with van der Waals surface area (Å²) in [4.78, 5) is 5.17. The van der Waals surface area contributed by atoms with Crippen LogP contribution in [-0.4, -0.2) is 65.4 Å². The van der Waals surface area contributed by atoms with Crippen molar-refractivity contribution in [3.05, 3.63) is 72.4 Å². The van der Waals surface area contributed by atoms with Crippen molar-refractivity contribution >= 4 is 5.69 Å². The summed E-state index contributed by atoms with van der Waals surface area (Å²) in [6, 6.07) is 22.9. The molecule has 1 saturated heterocycles. The smallest absolute Gasteiger partial charge is 0.0923 e. The van der Waals surface area contributed by atoms with Crippen molar-refractivity contribution < 1.29 is 0 Å². The molecule has 0 atom stereocenters. The zero-order valence-electron chi connectivity index (χ0n) is 20.6. The summed E-state index contributed by atoms with van der Waals surface area (Å²) in [6.45, 7) is 5.87. The molecule has 2 aliphatic rings. The van der Waals surface area contributed by atoms with E-state index >= 15 is 0 Å². The molecule has 2 aromatic carbocycles. The molecule has 0 unspecified atom stereocenters. The molecule has 1 aliphatic heterocycles. The normalized spacial score (nSPS) is 22.0. The van der Waals surface area contributed by atoms with Crippen LogP contribution in [0, 0.1) is 0 Å². The third-order valence-corrected chi connectivity index (χ3v) is 7.70. The molecule has 2 heterocycles. The van der Waals surface area contributed by atoms with Crippen molar-refractivity contribution in [1.82, 2.24) is 19.6 Å². The number of anilines is 1. The van der Waals surface area contributed by atoms with Gasteiger partial charge in [0, 0.05) is 56.2 Å². The van der Waals surface area contributed by atoms with E-state index in [1.165, 1.54) is 68.7 Å².